The molecule has 2 aliphatic heterocycles. The Balaban J connectivity index is 1.47. The summed E-state index contributed by atoms with van der Waals surface area (Å²) < 4.78 is 5.45. The Kier molecular flexibility index (Phi) is 6.53. The van der Waals surface area contributed by atoms with Crippen molar-refractivity contribution in [3.63, 3.8) is 0 Å². The minimum absolute atomic E-state index is 0.0387. The highest BCUT2D eigenvalue weighted by Crippen LogP contribution is 2.34. The van der Waals surface area contributed by atoms with Gasteiger partial charge in [0.25, 0.3) is 0 Å². The number of hydrogen-bond acceptors (Lipinski definition) is 4. The highest BCUT2D eigenvalue weighted by Gasteiger charge is 2.35. The van der Waals surface area contributed by atoms with Crippen molar-refractivity contribution in [3.8, 4) is 0 Å². The fourth-order valence-electron chi connectivity index (χ4n) is 4.29. The summed E-state index contributed by atoms with van der Waals surface area (Å²) >= 11 is 0. The Morgan fingerprint density at radius 2 is 1.54 bits per heavy atom. The van der Waals surface area contributed by atoms with Gasteiger partial charge in [0.1, 0.15) is 0 Å². The first-order chi connectivity index (χ1) is 13.8. The number of likely N-dealkylation sites (tertiary alicyclic amines) is 1. The van der Waals surface area contributed by atoms with Crippen molar-refractivity contribution < 1.29 is 9.53 Å². The molecule has 0 spiro atoms. The van der Waals surface area contributed by atoms with Gasteiger partial charge < -0.3 is 9.64 Å². The van der Waals surface area contributed by atoms with E-state index in [1.807, 2.05) is 36.4 Å². The summed E-state index contributed by atoms with van der Waals surface area (Å²) in [5, 5.41) is 0. The summed E-state index contributed by atoms with van der Waals surface area (Å²) in [7, 11) is 0. The van der Waals surface area contributed by atoms with Crippen LogP contribution in [0.25, 0.3) is 0 Å². The van der Waals surface area contributed by atoms with E-state index in [1.165, 1.54) is 5.56 Å². The molecule has 4 rings (SSSR count). The summed E-state index contributed by atoms with van der Waals surface area (Å²) in [5.41, 5.74) is 2.06. The Morgan fingerprint density at radius 1 is 0.893 bits per heavy atom. The van der Waals surface area contributed by atoms with Gasteiger partial charge in [-0.3, -0.25) is 9.69 Å². The standard InChI is InChI=1S/C24H29N2O2/c27-24(21-9-5-2-6-10-21)23-19-26(14-13-25-15-17-28-18-16-25)12-11-22(23)20-7-3-1-4-8-20/h1-11,22-23H,12-19H2/t22-,23-/m1/s1. The smallest absolute Gasteiger partial charge is 0.167 e. The number of benzene rings is 2. The first kappa shape index (κ1) is 19.3. The van der Waals surface area contributed by atoms with E-state index >= 15 is 0 Å². The van der Waals surface area contributed by atoms with Crippen molar-refractivity contribution in [3.05, 3.63) is 78.2 Å². The number of ketones is 1. The molecule has 0 amide bonds. The predicted octanol–water partition coefficient (Wildman–Crippen LogP) is 3.12. The van der Waals surface area contributed by atoms with Gasteiger partial charge in [-0.1, -0.05) is 60.7 Å². The number of rotatable bonds is 6. The molecule has 2 fully saturated rings. The van der Waals surface area contributed by atoms with Crippen LogP contribution in [0, 0.1) is 12.3 Å². The Labute approximate surface area is 168 Å². The Hall–Kier alpha value is -2.01. The van der Waals surface area contributed by atoms with Gasteiger partial charge >= 0.3 is 0 Å². The molecule has 0 unspecified atom stereocenters. The maximum Gasteiger partial charge on any atom is 0.167 e. The van der Waals surface area contributed by atoms with E-state index in [1.54, 1.807) is 0 Å². The number of carbonyl (C=O) groups is 1. The second-order valence-corrected chi connectivity index (χ2v) is 7.72. The largest absolute Gasteiger partial charge is 0.379 e. The SMILES string of the molecule is O=C(c1ccccc1)[C@@H]1CN(CCN2CCOCC2)C[CH][C@@H]1c1ccccc1. The van der Waals surface area contributed by atoms with Gasteiger partial charge in [-0.25, -0.2) is 0 Å². The summed E-state index contributed by atoms with van der Waals surface area (Å²) in [6.07, 6.45) is 2.34. The fraction of sp³-hybridized carbons (Fsp3) is 0.417. The molecular formula is C24H29N2O2. The third-order valence-electron chi connectivity index (χ3n) is 5.92. The normalized spacial score (nSPS) is 24.1. The van der Waals surface area contributed by atoms with Crippen molar-refractivity contribution in [2.45, 2.75) is 5.92 Å². The van der Waals surface area contributed by atoms with Crippen LogP contribution in [0.5, 0.6) is 0 Å². The van der Waals surface area contributed by atoms with Gasteiger partial charge in [0.15, 0.2) is 5.78 Å². The van der Waals surface area contributed by atoms with Crippen molar-refractivity contribution in [1.82, 2.24) is 9.80 Å². The lowest BCUT2D eigenvalue weighted by molar-refractivity contribution is 0.0316. The second-order valence-electron chi connectivity index (χ2n) is 7.72. The molecule has 2 aliphatic rings. The van der Waals surface area contributed by atoms with E-state index < -0.39 is 0 Å². The molecule has 2 atom stereocenters. The first-order valence-electron chi connectivity index (χ1n) is 10.3. The average Bonchev–Trinajstić information content (AvgIpc) is 2.79. The van der Waals surface area contributed by atoms with Crippen LogP contribution < -0.4 is 0 Å². The van der Waals surface area contributed by atoms with Crippen LogP contribution in [-0.2, 0) is 4.74 Å². The summed E-state index contributed by atoms with van der Waals surface area (Å²) in [6, 6.07) is 20.2. The molecule has 4 heteroatoms. The van der Waals surface area contributed by atoms with Crippen LogP contribution in [-0.4, -0.2) is 68.1 Å². The molecule has 4 nitrogen and oxygen atoms in total. The van der Waals surface area contributed by atoms with Crippen LogP contribution in [0.15, 0.2) is 60.7 Å². The molecule has 1 radical (unpaired) electrons. The molecule has 2 aromatic carbocycles. The molecule has 0 aromatic heterocycles. The molecule has 2 saturated heterocycles. The maximum atomic E-state index is 13.4. The Bertz CT molecular complexity index is 744. The third kappa shape index (κ3) is 4.69. The van der Waals surface area contributed by atoms with Gasteiger partial charge in [-0.2, -0.15) is 0 Å². The molecule has 2 aromatic rings. The number of morpholine rings is 1. The van der Waals surface area contributed by atoms with Crippen LogP contribution in [0.2, 0.25) is 0 Å². The quantitative estimate of drug-likeness (QED) is 0.724. The lowest BCUT2D eigenvalue weighted by atomic mass is 9.76. The average molecular weight is 378 g/mol. The van der Waals surface area contributed by atoms with E-state index in [2.05, 4.69) is 40.5 Å². The number of piperidine rings is 1. The van der Waals surface area contributed by atoms with Crippen LogP contribution in [0.3, 0.4) is 0 Å². The molecule has 0 bridgehead atoms. The summed E-state index contributed by atoms with van der Waals surface area (Å²) in [6.45, 7) is 7.47. The van der Waals surface area contributed by atoms with Crippen LogP contribution >= 0.6 is 0 Å². The number of ether oxygens (including phenoxy) is 1. The first-order valence-corrected chi connectivity index (χ1v) is 10.3. The highest BCUT2D eigenvalue weighted by atomic mass is 16.5. The van der Waals surface area contributed by atoms with Gasteiger partial charge in [0.2, 0.25) is 0 Å². The van der Waals surface area contributed by atoms with Gasteiger partial charge in [-0.05, 0) is 17.9 Å². The molecular weight excluding hydrogens is 348 g/mol. The van der Waals surface area contributed by atoms with Gasteiger partial charge in [0, 0.05) is 50.7 Å². The minimum atomic E-state index is -0.0387. The van der Waals surface area contributed by atoms with Crippen molar-refractivity contribution in [2.24, 2.45) is 5.92 Å². The molecule has 2 heterocycles. The zero-order valence-corrected chi connectivity index (χ0v) is 16.4. The molecule has 0 N–H and O–H groups in total. The summed E-state index contributed by atoms with van der Waals surface area (Å²) in [4.78, 5) is 18.3. The summed E-state index contributed by atoms with van der Waals surface area (Å²) in [5.74, 6) is 0.388. The molecule has 0 saturated carbocycles. The van der Waals surface area contributed by atoms with Crippen molar-refractivity contribution in [1.29, 1.82) is 0 Å². The predicted molar refractivity (Wildman–Crippen MR) is 111 cm³/mol. The van der Waals surface area contributed by atoms with Crippen LogP contribution in [0.4, 0.5) is 0 Å². The maximum absolute atomic E-state index is 13.4. The third-order valence-corrected chi connectivity index (χ3v) is 5.92. The van der Waals surface area contributed by atoms with E-state index in [-0.39, 0.29) is 17.6 Å². The lowest BCUT2D eigenvalue weighted by Gasteiger charge is -2.39. The zero-order valence-electron chi connectivity index (χ0n) is 16.4. The monoisotopic (exact) mass is 377 g/mol. The number of carbonyl (C=O) groups excluding carboxylic acids is 1. The Morgan fingerprint density at radius 3 is 2.25 bits per heavy atom. The number of nitrogens with zero attached hydrogens (tertiary/aromatic N) is 2. The molecule has 147 valence electrons. The second kappa shape index (κ2) is 9.46. The van der Waals surface area contributed by atoms with E-state index in [9.17, 15) is 4.79 Å². The fourth-order valence-corrected chi connectivity index (χ4v) is 4.29. The topological polar surface area (TPSA) is 32.8 Å². The molecule has 28 heavy (non-hydrogen) atoms. The van der Waals surface area contributed by atoms with Gasteiger partial charge in [0.05, 0.1) is 13.2 Å². The van der Waals surface area contributed by atoms with Gasteiger partial charge in [-0.15, -0.1) is 0 Å². The number of hydrogen-bond donors (Lipinski definition) is 0. The number of Topliss-reactive ketones (excluding diaryl/α,β-unsaturated/α-hetero) is 1. The van der Waals surface area contributed by atoms with E-state index in [0.717, 1.165) is 58.0 Å². The van der Waals surface area contributed by atoms with E-state index in [4.69, 9.17) is 4.74 Å². The van der Waals surface area contributed by atoms with Crippen molar-refractivity contribution in [2.75, 3.05) is 52.5 Å². The lowest BCUT2D eigenvalue weighted by Crippen LogP contribution is -2.47. The molecule has 0 aliphatic carbocycles. The minimum Gasteiger partial charge on any atom is -0.379 e. The van der Waals surface area contributed by atoms with Crippen LogP contribution in [0.1, 0.15) is 21.8 Å². The highest BCUT2D eigenvalue weighted by molar-refractivity contribution is 5.98. The van der Waals surface area contributed by atoms with E-state index in [0.29, 0.717) is 0 Å². The zero-order chi connectivity index (χ0) is 19.2. The van der Waals surface area contributed by atoms with Crippen molar-refractivity contribution >= 4 is 5.78 Å².